The first-order chi connectivity index (χ1) is 14.5. The number of hydrogen-bond donors (Lipinski definition) is 1. The Morgan fingerprint density at radius 3 is 2.67 bits per heavy atom. The zero-order valence-electron chi connectivity index (χ0n) is 16.9. The third-order valence-corrected chi connectivity index (χ3v) is 5.73. The van der Waals surface area contributed by atoms with Gasteiger partial charge < -0.3 is 20.3 Å². The van der Waals surface area contributed by atoms with Crippen LogP contribution in [0.4, 0.5) is 0 Å². The van der Waals surface area contributed by atoms with Gasteiger partial charge in [0.2, 0.25) is 5.91 Å². The molecule has 1 atom stereocenters. The number of likely N-dealkylation sites (tertiary alicyclic amines) is 1. The van der Waals surface area contributed by atoms with E-state index in [4.69, 9.17) is 10.5 Å². The number of carbonyl (C=O) groups is 3. The summed E-state index contributed by atoms with van der Waals surface area (Å²) >= 11 is 0. The van der Waals surface area contributed by atoms with Gasteiger partial charge in [0.05, 0.1) is 19.6 Å². The smallest absolute Gasteiger partial charge is 0.274 e. The molecule has 1 fully saturated rings. The number of piperidine rings is 1. The highest BCUT2D eigenvalue weighted by Gasteiger charge is 2.32. The maximum Gasteiger partial charge on any atom is 0.274 e. The van der Waals surface area contributed by atoms with Gasteiger partial charge in [0.15, 0.2) is 5.69 Å². The van der Waals surface area contributed by atoms with E-state index < -0.39 is 0 Å². The number of primary amides is 1. The van der Waals surface area contributed by atoms with Gasteiger partial charge in [-0.3, -0.25) is 19.1 Å². The largest absolute Gasteiger partial charge is 0.497 e. The average molecular weight is 411 g/mol. The molecule has 0 aliphatic carbocycles. The summed E-state index contributed by atoms with van der Waals surface area (Å²) < 4.78 is 6.76. The number of benzene rings is 1. The van der Waals surface area contributed by atoms with Crippen LogP contribution in [0.25, 0.3) is 0 Å². The van der Waals surface area contributed by atoms with Crippen LogP contribution in [0, 0.1) is 5.92 Å². The standard InChI is InChI=1S/C21H25N5O4/c1-30-16-6-4-14(5-7-16)12-25-9-10-26-18(21(25)29)11-17(23-26)20(28)24-8-2-3-15(13-24)19(22)27/h4-7,11,15H,2-3,8-10,12-13H2,1H3,(H2,22,27). The van der Waals surface area contributed by atoms with Crippen molar-refractivity contribution in [3.05, 3.63) is 47.3 Å². The molecule has 3 amide bonds. The number of fused-ring (bicyclic) bond motifs is 1. The van der Waals surface area contributed by atoms with E-state index in [1.54, 1.807) is 27.7 Å². The summed E-state index contributed by atoms with van der Waals surface area (Å²) in [6.45, 7) is 2.37. The molecule has 1 aromatic carbocycles. The number of carbonyl (C=O) groups excluding carboxylic acids is 3. The second-order valence-corrected chi connectivity index (χ2v) is 7.71. The minimum atomic E-state index is -0.388. The van der Waals surface area contributed by atoms with Gasteiger partial charge in [-0.1, -0.05) is 12.1 Å². The molecule has 30 heavy (non-hydrogen) atoms. The molecule has 2 aliphatic rings. The SMILES string of the molecule is COc1ccc(CN2CCn3nc(C(=O)N4CCCC(C(N)=O)C4)cc3C2=O)cc1. The van der Waals surface area contributed by atoms with Crippen molar-refractivity contribution >= 4 is 17.7 Å². The van der Waals surface area contributed by atoms with Crippen LogP contribution in [0.3, 0.4) is 0 Å². The number of hydrogen-bond acceptors (Lipinski definition) is 5. The summed E-state index contributed by atoms with van der Waals surface area (Å²) in [7, 11) is 1.61. The molecular formula is C21H25N5O4. The normalized spacial score (nSPS) is 18.8. The number of rotatable bonds is 5. The molecule has 1 saturated heterocycles. The topological polar surface area (TPSA) is 111 Å². The number of nitrogens with zero attached hydrogens (tertiary/aromatic N) is 4. The lowest BCUT2D eigenvalue weighted by Crippen LogP contribution is -2.44. The van der Waals surface area contributed by atoms with Crippen molar-refractivity contribution in [1.29, 1.82) is 0 Å². The van der Waals surface area contributed by atoms with E-state index in [0.29, 0.717) is 44.8 Å². The highest BCUT2D eigenvalue weighted by Crippen LogP contribution is 2.21. The van der Waals surface area contributed by atoms with Crippen molar-refractivity contribution in [1.82, 2.24) is 19.6 Å². The van der Waals surface area contributed by atoms with Crippen LogP contribution in [0.5, 0.6) is 5.75 Å². The van der Waals surface area contributed by atoms with Gasteiger partial charge in [0.1, 0.15) is 11.4 Å². The van der Waals surface area contributed by atoms with E-state index in [-0.39, 0.29) is 29.3 Å². The van der Waals surface area contributed by atoms with Crippen LogP contribution < -0.4 is 10.5 Å². The Labute approximate surface area is 174 Å². The summed E-state index contributed by atoms with van der Waals surface area (Å²) in [6.07, 6.45) is 1.42. The maximum atomic E-state index is 13.0. The average Bonchev–Trinajstić information content (AvgIpc) is 3.21. The molecule has 9 heteroatoms. The second kappa shape index (κ2) is 8.17. The van der Waals surface area contributed by atoms with Crippen LogP contribution in [0.15, 0.2) is 30.3 Å². The molecule has 0 saturated carbocycles. The molecule has 0 spiro atoms. The van der Waals surface area contributed by atoms with Crippen LogP contribution in [0.1, 0.15) is 39.4 Å². The van der Waals surface area contributed by atoms with Crippen molar-refractivity contribution in [2.24, 2.45) is 11.7 Å². The molecule has 1 unspecified atom stereocenters. The fourth-order valence-electron chi connectivity index (χ4n) is 4.00. The van der Waals surface area contributed by atoms with Crippen molar-refractivity contribution in [2.75, 3.05) is 26.7 Å². The Hall–Kier alpha value is -3.36. The third kappa shape index (κ3) is 3.87. The Balaban J connectivity index is 1.47. The van der Waals surface area contributed by atoms with Gasteiger partial charge in [-0.05, 0) is 30.5 Å². The van der Waals surface area contributed by atoms with Crippen LogP contribution in [-0.4, -0.2) is 64.0 Å². The first-order valence-corrected chi connectivity index (χ1v) is 10.0. The monoisotopic (exact) mass is 411 g/mol. The molecule has 4 rings (SSSR count). The number of amides is 3. The van der Waals surface area contributed by atoms with Gasteiger partial charge in [0, 0.05) is 32.2 Å². The van der Waals surface area contributed by atoms with Crippen molar-refractivity contribution in [2.45, 2.75) is 25.9 Å². The zero-order valence-corrected chi connectivity index (χ0v) is 16.9. The van der Waals surface area contributed by atoms with Gasteiger partial charge in [-0.15, -0.1) is 0 Å². The van der Waals surface area contributed by atoms with Gasteiger partial charge in [-0.2, -0.15) is 5.10 Å². The van der Waals surface area contributed by atoms with Crippen LogP contribution >= 0.6 is 0 Å². The molecule has 158 valence electrons. The first kappa shape index (κ1) is 19.9. The quantitative estimate of drug-likeness (QED) is 0.785. The van der Waals surface area contributed by atoms with E-state index in [9.17, 15) is 14.4 Å². The van der Waals surface area contributed by atoms with E-state index in [1.165, 1.54) is 0 Å². The molecule has 1 aromatic heterocycles. The lowest BCUT2D eigenvalue weighted by Gasteiger charge is -2.30. The molecule has 2 aromatic rings. The molecule has 2 aliphatic heterocycles. The molecule has 9 nitrogen and oxygen atoms in total. The molecular weight excluding hydrogens is 386 g/mol. The summed E-state index contributed by atoms with van der Waals surface area (Å²) in [5, 5.41) is 4.36. The second-order valence-electron chi connectivity index (χ2n) is 7.71. The van der Waals surface area contributed by atoms with E-state index in [0.717, 1.165) is 17.7 Å². The third-order valence-electron chi connectivity index (χ3n) is 5.73. The summed E-state index contributed by atoms with van der Waals surface area (Å²) in [5.41, 5.74) is 7.04. The number of nitrogens with two attached hydrogens (primary N) is 1. The Morgan fingerprint density at radius 2 is 1.97 bits per heavy atom. The fourth-order valence-corrected chi connectivity index (χ4v) is 4.00. The summed E-state index contributed by atoms with van der Waals surface area (Å²) in [4.78, 5) is 40.7. The van der Waals surface area contributed by atoms with Crippen LogP contribution in [0.2, 0.25) is 0 Å². The predicted molar refractivity (Wildman–Crippen MR) is 108 cm³/mol. The first-order valence-electron chi connectivity index (χ1n) is 10.0. The van der Waals surface area contributed by atoms with Gasteiger partial charge in [-0.25, -0.2) is 0 Å². The van der Waals surface area contributed by atoms with E-state index in [2.05, 4.69) is 5.10 Å². The predicted octanol–water partition coefficient (Wildman–Crippen LogP) is 0.885. The molecule has 0 bridgehead atoms. The molecule has 3 heterocycles. The van der Waals surface area contributed by atoms with Crippen molar-refractivity contribution < 1.29 is 19.1 Å². The van der Waals surface area contributed by atoms with Gasteiger partial charge in [0.25, 0.3) is 11.8 Å². The van der Waals surface area contributed by atoms with E-state index >= 15 is 0 Å². The van der Waals surface area contributed by atoms with Crippen LogP contribution in [-0.2, 0) is 17.9 Å². The lowest BCUT2D eigenvalue weighted by molar-refractivity contribution is -0.123. The number of methoxy groups -OCH3 is 1. The lowest BCUT2D eigenvalue weighted by atomic mass is 9.97. The number of ether oxygens (including phenoxy) is 1. The highest BCUT2D eigenvalue weighted by molar-refractivity contribution is 5.98. The summed E-state index contributed by atoms with van der Waals surface area (Å²) in [6, 6.07) is 9.14. The molecule has 0 radical (unpaired) electrons. The van der Waals surface area contributed by atoms with E-state index in [1.807, 2.05) is 24.3 Å². The van der Waals surface area contributed by atoms with Gasteiger partial charge >= 0.3 is 0 Å². The summed E-state index contributed by atoms with van der Waals surface area (Å²) in [5.74, 6) is -0.376. The fraction of sp³-hybridized carbons (Fsp3) is 0.429. The maximum absolute atomic E-state index is 13.0. The Kier molecular flexibility index (Phi) is 5.43. The Bertz CT molecular complexity index is 968. The minimum Gasteiger partial charge on any atom is -0.497 e. The highest BCUT2D eigenvalue weighted by atomic mass is 16.5. The van der Waals surface area contributed by atoms with Crippen molar-refractivity contribution in [3.63, 3.8) is 0 Å². The zero-order chi connectivity index (χ0) is 21.3. The molecule has 2 N–H and O–H groups in total. The number of aromatic nitrogens is 2. The Morgan fingerprint density at radius 1 is 1.20 bits per heavy atom. The van der Waals surface area contributed by atoms with Crippen molar-refractivity contribution in [3.8, 4) is 5.75 Å². The minimum absolute atomic E-state index is 0.155.